The second-order valence-corrected chi connectivity index (χ2v) is 3.59. The smallest absolute Gasteiger partial charge is 0.124 e. The van der Waals surface area contributed by atoms with Gasteiger partial charge in [-0.3, -0.25) is 0 Å². The van der Waals surface area contributed by atoms with Gasteiger partial charge in [-0.25, -0.2) is 0 Å². The summed E-state index contributed by atoms with van der Waals surface area (Å²) in [5.74, 6) is 0.944. The van der Waals surface area contributed by atoms with Crippen LogP contribution in [-0.2, 0) is 6.42 Å². The van der Waals surface area contributed by atoms with E-state index in [0.29, 0.717) is 6.04 Å². The zero-order valence-corrected chi connectivity index (χ0v) is 8.42. The minimum atomic E-state index is 0.400. The van der Waals surface area contributed by atoms with Crippen molar-refractivity contribution >= 4 is 5.69 Å². The van der Waals surface area contributed by atoms with E-state index in [0.717, 1.165) is 36.6 Å². The lowest BCUT2D eigenvalue weighted by molar-refractivity contribution is 0.241. The van der Waals surface area contributed by atoms with Gasteiger partial charge in [0.2, 0.25) is 0 Å². The van der Waals surface area contributed by atoms with E-state index in [1.54, 1.807) is 0 Å². The number of likely N-dealkylation sites (N-methyl/N-ethyl adjacent to an activating group) is 1. The molecule has 1 aliphatic rings. The van der Waals surface area contributed by atoms with Crippen molar-refractivity contribution in [2.75, 3.05) is 18.9 Å². The van der Waals surface area contributed by atoms with Crippen LogP contribution in [0, 0.1) is 0 Å². The summed E-state index contributed by atoms with van der Waals surface area (Å²) in [5, 5.41) is 3.37. The largest absolute Gasteiger partial charge is 0.492 e. The van der Waals surface area contributed by atoms with Crippen molar-refractivity contribution < 1.29 is 4.74 Å². The second kappa shape index (κ2) is 3.88. The molecule has 0 saturated heterocycles. The van der Waals surface area contributed by atoms with Crippen LogP contribution < -0.4 is 15.8 Å². The molecule has 1 heterocycles. The summed E-state index contributed by atoms with van der Waals surface area (Å²) in [5.41, 5.74) is 7.87. The van der Waals surface area contributed by atoms with E-state index in [1.165, 1.54) is 0 Å². The molecule has 0 spiro atoms. The normalized spacial score (nSPS) is 19.9. The van der Waals surface area contributed by atoms with Crippen LogP contribution in [-0.4, -0.2) is 19.2 Å². The van der Waals surface area contributed by atoms with E-state index < -0.39 is 0 Å². The molecule has 3 heteroatoms. The van der Waals surface area contributed by atoms with Crippen LogP contribution in [0.25, 0.3) is 0 Å². The summed E-state index contributed by atoms with van der Waals surface area (Å²) in [7, 11) is 0. The molecule has 14 heavy (non-hydrogen) atoms. The maximum absolute atomic E-state index is 5.89. The molecule has 1 atom stereocenters. The Morgan fingerprint density at radius 1 is 1.57 bits per heavy atom. The quantitative estimate of drug-likeness (QED) is 0.692. The van der Waals surface area contributed by atoms with Crippen LogP contribution in [0.4, 0.5) is 5.69 Å². The molecular weight excluding hydrogens is 176 g/mol. The SMILES string of the molecule is CCNC1COc2cccc(N)c2C1. The molecule has 0 aliphatic carbocycles. The maximum atomic E-state index is 5.89. The number of nitrogens with two attached hydrogens (primary N) is 1. The van der Waals surface area contributed by atoms with Gasteiger partial charge in [0.25, 0.3) is 0 Å². The Bertz CT molecular complexity index is 325. The summed E-state index contributed by atoms with van der Waals surface area (Å²) in [6.07, 6.45) is 0.968. The number of hydrogen-bond acceptors (Lipinski definition) is 3. The molecule has 0 aromatic heterocycles. The van der Waals surface area contributed by atoms with Gasteiger partial charge in [0, 0.05) is 17.3 Å². The van der Waals surface area contributed by atoms with E-state index in [1.807, 2.05) is 18.2 Å². The molecule has 1 unspecified atom stereocenters. The Morgan fingerprint density at radius 3 is 3.21 bits per heavy atom. The van der Waals surface area contributed by atoms with Gasteiger partial charge in [-0.2, -0.15) is 0 Å². The summed E-state index contributed by atoms with van der Waals surface area (Å²) in [6, 6.07) is 6.24. The predicted molar refractivity (Wildman–Crippen MR) is 57.5 cm³/mol. The minimum Gasteiger partial charge on any atom is -0.492 e. The molecule has 0 fully saturated rings. The lowest BCUT2D eigenvalue weighted by Crippen LogP contribution is -2.39. The number of nitrogen functional groups attached to an aromatic ring is 1. The number of nitrogens with one attached hydrogen (secondary N) is 1. The third kappa shape index (κ3) is 1.68. The second-order valence-electron chi connectivity index (χ2n) is 3.59. The number of hydrogen-bond donors (Lipinski definition) is 2. The van der Waals surface area contributed by atoms with Gasteiger partial charge in [-0.15, -0.1) is 0 Å². The fourth-order valence-corrected chi connectivity index (χ4v) is 1.85. The van der Waals surface area contributed by atoms with Crippen LogP contribution in [0.3, 0.4) is 0 Å². The molecule has 1 aliphatic heterocycles. The predicted octanol–water partition coefficient (Wildman–Crippen LogP) is 1.18. The van der Waals surface area contributed by atoms with Crippen LogP contribution in [0.5, 0.6) is 5.75 Å². The van der Waals surface area contributed by atoms with Crippen molar-refractivity contribution in [2.24, 2.45) is 0 Å². The summed E-state index contributed by atoms with van der Waals surface area (Å²) in [6.45, 7) is 3.81. The third-order valence-electron chi connectivity index (χ3n) is 2.55. The topological polar surface area (TPSA) is 47.3 Å². The van der Waals surface area contributed by atoms with Gasteiger partial charge in [0.1, 0.15) is 12.4 Å². The summed E-state index contributed by atoms with van der Waals surface area (Å²) in [4.78, 5) is 0. The molecule has 0 bridgehead atoms. The highest BCUT2D eigenvalue weighted by molar-refractivity contribution is 5.55. The molecule has 3 N–H and O–H groups in total. The Balaban J connectivity index is 2.20. The highest BCUT2D eigenvalue weighted by Gasteiger charge is 2.20. The Labute approximate surface area is 84.3 Å². The van der Waals surface area contributed by atoms with Gasteiger partial charge in [0.15, 0.2) is 0 Å². The first kappa shape index (κ1) is 9.34. The Kier molecular flexibility index (Phi) is 2.59. The Hall–Kier alpha value is -1.22. The third-order valence-corrected chi connectivity index (χ3v) is 2.55. The van der Waals surface area contributed by atoms with Crippen LogP contribution in [0.1, 0.15) is 12.5 Å². The van der Waals surface area contributed by atoms with Crippen LogP contribution in [0.15, 0.2) is 18.2 Å². The van der Waals surface area contributed by atoms with Gasteiger partial charge >= 0.3 is 0 Å². The zero-order valence-electron chi connectivity index (χ0n) is 8.42. The standard InChI is InChI=1S/C11H16N2O/c1-2-13-8-6-9-10(12)4-3-5-11(9)14-7-8/h3-5,8,13H,2,6-7,12H2,1H3. The van der Waals surface area contributed by atoms with Crippen molar-refractivity contribution in [1.82, 2.24) is 5.32 Å². The fraction of sp³-hybridized carbons (Fsp3) is 0.455. The number of rotatable bonds is 2. The first-order chi connectivity index (χ1) is 6.81. The van der Waals surface area contributed by atoms with E-state index in [9.17, 15) is 0 Å². The molecule has 0 radical (unpaired) electrons. The van der Waals surface area contributed by atoms with Gasteiger partial charge < -0.3 is 15.8 Å². The van der Waals surface area contributed by atoms with Crippen LogP contribution in [0.2, 0.25) is 0 Å². The molecule has 1 aromatic rings. The Morgan fingerprint density at radius 2 is 2.43 bits per heavy atom. The molecule has 1 aromatic carbocycles. The van der Waals surface area contributed by atoms with Crippen molar-refractivity contribution in [3.05, 3.63) is 23.8 Å². The van der Waals surface area contributed by atoms with E-state index in [-0.39, 0.29) is 0 Å². The molecular formula is C11H16N2O. The molecule has 76 valence electrons. The lowest BCUT2D eigenvalue weighted by Gasteiger charge is -2.26. The van der Waals surface area contributed by atoms with Crippen molar-refractivity contribution in [3.8, 4) is 5.75 Å². The fourth-order valence-electron chi connectivity index (χ4n) is 1.85. The highest BCUT2D eigenvalue weighted by atomic mass is 16.5. The van der Waals surface area contributed by atoms with Gasteiger partial charge in [0.05, 0.1) is 0 Å². The average molecular weight is 192 g/mol. The molecule has 0 amide bonds. The van der Waals surface area contributed by atoms with E-state index in [4.69, 9.17) is 10.5 Å². The number of benzene rings is 1. The van der Waals surface area contributed by atoms with Crippen molar-refractivity contribution in [2.45, 2.75) is 19.4 Å². The lowest BCUT2D eigenvalue weighted by atomic mass is 10.0. The monoisotopic (exact) mass is 192 g/mol. The minimum absolute atomic E-state index is 0.400. The highest BCUT2D eigenvalue weighted by Crippen LogP contribution is 2.29. The summed E-state index contributed by atoms with van der Waals surface area (Å²) >= 11 is 0. The number of anilines is 1. The molecule has 2 rings (SSSR count). The van der Waals surface area contributed by atoms with Crippen molar-refractivity contribution in [1.29, 1.82) is 0 Å². The maximum Gasteiger partial charge on any atom is 0.124 e. The van der Waals surface area contributed by atoms with E-state index in [2.05, 4.69) is 12.2 Å². The van der Waals surface area contributed by atoms with Crippen LogP contribution >= 0.6 is 0 Å². The zero-order chi connectivity index (χ0) is 9.97. The van der Waals surface area contributed by atoms with E-state index >= 15 is 0 Å². The average Bonchev–Trinajstić information content (AvgIpc) is 2.20. The first-order valence-electron chi connectivity index (χ1n) is 5.04. The van der Waals surface area contributed by atoms with Gasteiger partial charge in [-0.05, 0) is 25.1 Å². The molecule has 3 nitrogen and oxygen atoms in total. The van der Waals surface area contributed by atoms with Gasteiger partial charge in [-0.1, -0.05) is 13.0 Å². The number of fused-ring (bicyclic) bond motifs is 1. The molecule has 0 saturated carbocycles. The number of ether oxygens (including phenoxy) is 1. The summed E-state index contributed by atoms with van der Waals surface area (Å²) < 4.78 is 5.63. The first-order valence-corrected chi connectivity index (χ1v) is 5.04. The van der Waals surface area contributed by atoms with Crippen molar-refractivity contribution in [3.63, 3.8) is 0 Å².